The minimum absolute atomic E-state index is 0.371. The van der Waals surface area contributed by atoms with E-state index >= 15 is 0 Å². The molecule has 1 N–H and O–H groups in total. The fourth-order valence-corrected chi connectivity index (χ4v) is 4.09. The predicted molar refractivity (Wildman–Crippen MR) is 64.5 cm³/mol. The molecule has 3 fully saturated rings. The van der Waals surface area contributed by atoms with Crippen LogP contribution in [0.15, 0.2) is 18.2 Å². The Morgan fingerprint density at radius 3 is 2.71 bits per heavy atom. The monoisotopic (exact) mass is 231 g/mol. The van der Waals surface area contributed by atoms with E-state index in [-0.39, 0.29) is 0 Å². The van der Waals surface area contributed by atoms with E-state index in [0.717, 1.165) is 11.5 Å². The molecule has 0 atom stereocenters. The fraction of sp³-hybridized carbons (Fsp3) is 0.571. The molecule has 0 spiro atoms. The molecule has 5 rings (SSSR count). The molecular weight excluding hydrogens is 214 g/mol. The maximum atomic E-state index is 5.46. The van der Waals surface area contributed by atoms with Gasteiger partial charge in [-0.25, -0.2) is 0 Å². The molecule has 3 saturated carbocycles. The van der Waals surface area contributed by atoms with E-state index in [4.69, 9.17) is 9.47 Å². The van der Waals surface area contributed by atoms with Crippen LogP contribution in [0.4, 0.5) is 0 Å². The van der Waals surface area contributed by atoms with Crippen LogP contribution in [0.25, 0.3) is 0 Å². The number of ether oxygens (including phenoxy) is 2. The third kappa shape index (κ3) is 1.15. The number of rotatable bonds is 3. The second kappa shape index (κ2) is 2.96. The standard InChI is InChI=1S/C14H17NO2/c1-15-8-13-5-14(6-13,7-13)10-2-3-11-12(4-10)17-9-16-11/h2-4,15H,5-9H2,1H3. The Labute approximate surface area is 101 Å². The molecule has 3 nitrogen and oxygen atoms in total. The van der Waals surface area contributed by atoms with E-state index in [1.54, 1.807) is 0 Å². The Hall–Kier alpha value is -1.22. The van der Waals surface area contributed by atoms with E-state index in [1.165, 1.54) is 31.4 Å². The van der Waals surface area contributed by atoms with Gasteiger partial charge in [-0.1, -0.05) is 6.07 Å². The van der Waals surface area contributed by atoms with Crippen molar-refractivity contribution in [1.29, 1.82) is 0 Å². The second-order valence-electron chi connectivity index (χ2n) is 5.91. The molecule has 90 valence electrons. The summed E-state index contributed by atoms with van der Waals surface area (Å²) < 4.78 is 10.8. The Bertz CT molecular complexity index is 463. The molecule has 0 aromatic heterocycles. The molecule has 2 bridgehead atoms. The summed E-state index contributed by atoms with van der Waals surface area (Å²) in [4.78, 5) is 0. The highest BCUT2D eigenvalue weighted by atomic mass is 16.7. The van der Waals surface area contributed by atoms with Crippen LogP contribution >= 0.6 is 0 Å². The molecule has 0 radical (unpaired) electrons. The zero-order valence-corrected chi connectivity index (χ0v) is 10.1. The van der Waals surface area contributed by atoms with Gasteiger partial charge in [-0.3, -0.25) is 0 Å². The van der Waals surface area contributed by atoms with E-state index in [9.17, 15) is 0 Å². The number of nitrogens with one attached hydrogen (secondary N) is 1. The number of hydrogen-bond acceptors (Lipinski definition) is 3. The van der Waals surface area contributed by atoms with Crippen LogP contribution in [0, 0.1) is 5.41 Å². The lowest BCUT2D eigenvalue weighted by Gasteiger charge is -2.71. The van der Waals surface area contributed by atoms with Gasteiger partial charge in [0.25, 0.3) is 0 Å². The molecule has 4 aliphatic rings. The molecule has 1 aromatic rings. The molecular formula is C14H17NO2. The van der Waals surface area contributed by atoms with Gasteiger partial charge in [0.15, 0.2) is 11.5 Å². The lowest BCUT2D eigenvalue weighted by atomic mass is 9.33. The van der Waals surface area contributed by atoms with Crippen molar-refractivity contribution in [3.05, 3.63) is 23.8 Å². The third-order valence-electron chi connectivity index (χ3n) is 4.68. The molecule has 1 aromatic carbocycles. The molecule has 0 saturated heterocycles. The minimum atomic E-state index is 0.371. The van der Waals surface area contributed by atoms with Crippen molar-refractivity contribution in [3.8, 4) is 11.5 Å². The summed E-state index contributed by atoms with van der Waals surface area (Å²) in [5, 5.41) is 3.31. The Balaban J connectivity index is 1.58. The number of fused-ring (bicyclic) bond motifs is 1. The largest absolute Gasteiger partial charge is 0.454 e. The minimum Gasteiger partial charge on any atom is -0.454 e. The van der Waals surface area contributed by atoms with Crippen molar-refractivity contribution in [2.75, 3.05) is 20.4 Å². The third-order valence-corrected chi connectivity index (χ3v) is 4.68. The van der Waals surface area contributed by atoms with Crippen molar-refractivity contribution >= 4 is 0 Å². The van der Waals surface area contributed by atoms with Gasteiger partial charge in [-0.2, -0.15) is 0 Å². The van der Waals surface area contributed by atoms with E-state index in [2.05, 4.69) is 23.5 Å². The highest BCUT2D eigenvalue weighted by Gasteiger charge is 2.67. The topological polar surface area (TPSA) is 30.5 Å². The number of benzene rings is 1. The smallest absolute Gasteiger partial charge is 0.231 e. The van der Waals surface area contributed by atoms with Crippen LogP contribution in [0.1, 0.15) is 24.8 Å². The van der Waals surface area contributed by atoms with Crippen LogP contribution in [0.3, 0.4) is 0 Å². The highest BCUT2D eigenvalue weighted by Crippen LogP contribution is 2.73. The van der Waals surface area contributed by atoms with Gasteiger partial charge in [-0.05, 0) is 54.8 Å². The predicted octanol–water partition coefficient (Wildman–Crippen LogP) is 2.06. The van der Waals surface area contributed by atoms with Crippen LogP contribution in [0.2, 0.25) is 0 Å². The average molecular weight is 231 g/mol. The molecule has 3 aliphatic carbocycles. The van der Waals surface area contributed by atoms with E-state index < -0.39 is 0 Å². The SMILES string of the molecule is CNCC12CC(c3ccc4c(c3)OCO4)(C1)C2. The van der Waals surface area contributed by atoms with Gasteiger partial charge in [0.05, 0.1) is 0 Å². The Morgan fingerprint density at radius 1 is 1.18 bits per heavy atom. The second-order valence-corrected chi connectivity index (χ2v) is 5.91. The lowest BCUT2D eigenvalue weighted by Crippen LogP contribution is -2.67. The summed E-state index contributed by atoms with van der Waals surface area (Å²) in [5.41, 5.74) is 2.50. The van der Waals surface area contributed by atoms with Gasteiger partial charge in [0, 0.05) is 6.54 Å². The molecule has 1 aliphatic heterocycles. The van der Waals surface area contributed by atoms with E-state index in [1.807, 2.05) is 7.05 Å². The Morgan fingerprint density at radius 2 is 1.94 bits per heavy atom. The first kappa shape index (κ1) is 9.77. The molecule has 17 heavy (non-hydrogen) atoms. The van der Waals surface area contributed by atoms with Gasteiger partial charge in [0.1, 0.15) is 0 Å². The van der Waals surface area contributed by atoms with Gasteiger partial charge in [0.2, 0.25) is 6.79 Å². The Kier molecular flexibility index (Phi) is 1.70. The first-order valence-electron chi connectivity index (χ1n) is 6.30. The first-order valence-corrected chi connectivity index (χ1v) is 6.30. The summed E-state index contributed by atoms with van der Waals surface area (Å²) in [6.07, 6.45) is 4.00. The van der Waals surface area contributed by atoms with Crippen LogP contribution in [0.5, 0.6) is 11.5 Å². The summed E-state index contributed by atoms with van der Waals surface area (Å²) in [7, 11) is 2.05. The maximum Gasteiger partial charge on any atom is 0.231 e. The molecule has 1 heterocycles. The maximum absolute atomic E-state index is 5.46. The van der Waals surface area contributed by atoms with Crippen molar-refractivity contribution in [3.63, 3.8) is 0 Å². The zero-order chi connectivity index (χ0) is 11.5. The van der Waals surface area contributed by atoms with Crippen molar-refractivity contribution in [2.45, 2.75) is 24.7 Å². The zero-order valence-electron chi connectivity index (χ0n) is 10.1. The van der Waals surface area contributed by atoms with Gasteiger partial charge in [-0.15, -0.1) is 0 Å². The van der Waals surface area contributed by atoms with Gasteiger partial charge >= 0.3 is 0 Å². The van der Waals surface area contributed by atoms with Crippen LogP contribution in [-0.2, 0) is 5.41 Å². The highest BCUT2D eigenvalue weighted by molar-refractivity contribution is 5.49. The first-order chi connectivity index (χ1) is 8.25. The summed E-state index contributed by atoms with van der Waals surface area (Å²) in [5.74, 6) is 1.82. The number of hydrogen-bond donors (Lipinski definition) is 1. The summed E-state index contributed by atoms with van der Waals surface area (Å²) in [6, 6.07) is 6.46. The quantitative estimate of drug-likeness (QED) is 0.863. The van der Waals surface area contributed by atoms with Crippen molar-refractivity contribution in [1.82, 2.24) is 5.32 Å². The molecule has 3 heteroatoms. The molecule has 0 unspecified atom stereocenters. The van der Waals surface area contributed by atoms with Crippen LogP contribution in [-0.4, -0.2) is 20.4 Å². The van der Waals surface area contributed by atoms with E-state index in [0.29, 0.717) is 17.6 Å². The summed E-state index contributed by atoms with van der Waals surface area (Å²) >= 11 is 0. The fourth-order valence-electron chi connectivity index (χ4n) is 4.09. The van der Waals surface area contributed by atoms with Gasteiger partial charge < -0.3 is 14.8 Å². The van der Waals surface area contributed by atoms with Crippen molar-refractivity contribution < 1.29 is 9.47 Å². The van der Waals surface area contributed by atoms with Crippen molar-refractivity contribution in [2.24, 2.45) is 5.41 Å². The average Bonchev–Trinajstić information content (AvgIpc) is 2.67. The lowest BCUT2D eigenvalue weighted by molar-refractivity contribution is -0.137. The van der Waals surface area contributed by atoms with Crippen LogP contribution < -0.4 is 14.8 Å². The molecule has 0 amide bonds. The normalized spacial score (nSPS) is 36.3. The summed E-state index contributed by atoms with van der Waals surface area (Å²) in [6.45, 7) is 1.54.